The van der Waals surface area contributed by atoms with E-state index in [1.54, 1.807) is 18.2 Å². The fourth-order valence-corrected chi connectivity index (χ4v) is 2.63. The summed E-state index contributed by atoms with van der Waals surface area (Å²) in [7, 11) is 0. The minimum absolute atomic E-state index is 0.0133. The molecule has 0 saturated carbocycles. The van der Waals surface area contributed by atoms with E-state index in [4.69, 9.17) is 13.9 Å². The van der Waals surface area contributed by atoms with Gasteiger partial charge >= 0.3 is 5.97 Å². The third kappa shape index (κ3) is 2.13. The van der Waals surface area contributed by atoms with Crippen molar-refractivity contribution >= 4 is 27.9 Å². The summed E-state index contributed by atoms with van der Waals surface area (Å²) in [5.41, 5.74) is 1.40. The van der Waals surface area contributed by atoms with E-state index >= 15 is 0 Å². The Kier molecular flexibility index (Phi) is 2.93. The Hall–Kier alpha value is -3.54. The number of aromatic hydroxyl groups is 1. The van der Waals surface area contributed by atoms with Crippen LogP contribution in [0.15, 0.2) is 62.4 Å². The van der Waals surface area contributed by atoms with Crippen LogP contribution in [-0.4, -0.2) is 16.2 Å². The van der Waals surface area contributed by atoms with Gasteiger partial charge in [-0.1, -0.05) is 6.07 Å². The highest BCUT2D eigenvalue weighted by molar-refractivity contribution is 5.93. The van der Waals surface area contributed by atoms with Gasteiger partial charge in [-0.25, -0.2) is 4.79 Å². The van der Waals surface area contributed by atoms with E-state index in [0.29, 0.717) is 33.1 Å². The van der Waals surface area contributed by atoms with Gasteiger partial charge < -0.3 is 19.0 Å². The Bertz CT molecular complexity index is 1170. The van der Waals surface area contributed by atoms with E-state index in [-0.39, 0.29) is 16.9 Å². The predicted octanol–water partition coefficient (Wildman–Crippen LogP) is 3.61. The predicted molar refractivity (Wildman–Crippen MR) is 86.3 cm³/mol. The van der Waals surface area contributed by atoms with Gasteiger partial charge in [-0.3, -0.25) is 4.79 Å². The van der Waals surface area contributed by atoms with E-state index in [1.807, 2.05) is 0 Å². The molecule has 2 heterocycles. The maximum absolute atomic E-state index is 12.6. The molecule has 4 rings (SSSR count). The number of rotatable bonds is 2. The van der Waals surface area contributed by atoms with Gasteiger partial charge in [0.1, 0.15) is 23.2 Å². The SMILES string of the molecule is O=C(O)c1cc2cc(-c3coc4cc(O)ccc4c3=O)ccc2o1. The van der Waals surface area contributed by atoms with Gasteiger partial charge in [-0.2, -0.15) is 0 Å². The van der Waals surface area contributed by atoms with Crippen molar-refractivity contribution in [2.45, 2.75) is 0 Å². The molecule has 0 aliphatic carbocycles. The molecule has 0 fully saturated rings. The molecular weight excluding hydrogens is 312 g/mol. The number of carboxylic acid groups (broad SMARTS) is 1. The quantitative estimate of drug-likeness (QED) is 0.584. The lowest BCUT2D eigenvalue weighted by Crippen LogP contribution is -2.04. The van der Waals surface area contributed by atoms with Crippen LogP contribution in [0.3, 0.4) is 0 Å². The minimum atomic E-state index is -1.15. The smallest absolute Gasteiger partial charge is 0.371 e. The molecular formula is C18H10O6. The molecule has 0 unspecified atom stereocenters. The van der Waals surface area contributed by atoms with Gasteiger partial charge in [-0.05, 0) is 35.9 Å². The number of hydrogen-bond donors (Lipinski definition) is 2. The molecule has 4 aromatic rings. The zero-order valence-electron chi connectivity index (χ0n) is 12.1. The van der Waals surface area contributed by atoms with E-state index < -0.39 is 5.97 Å². The van der Waals surface area contributed by atoms with Gasteiger partial charge in [0.2, 0.25) is 5.76 Å². The second kappa shape index (κ2) is 4.99. The molecule has 0 bridgehead atoms. The molecule has 2 aromatic carbocycles. The fourth-order valence-electron chi connectivity index (χ4n) is 2.63. The number of phenolic OH excluding ortho intramolecular Hbond substituents is 1. The van der Waals surface area contributed by atoms with Crippen LogP contribution in [0.1, 0.15) is 10.6 Å². The summed E-state index contributed by atoms with van der Waals surface area (Å²) in [5, 5.41) is 19.4. The lowest BCUT2D eigenvalue weighted by atomic mass is 10.0. The zero-order chi connectivity index (χ0) is 16.8. The highest BCUT2D eigenvalue weighted by atomic mass is 16.4. The van der Waals surface area contributed by atoms with Crippen LogP contribution < -0.4 is 5.43 Å². The van der Waals surface area contributed by atoms with Crippen molar-refractivity contribution in [2.24, 2.45) is 0 Å². The molecule has 0 aliphatic rings. The number of hydrogen-bond acceptors (Lipinski definition) is 5. The molecule has 0 aliphatic heterocycles. The van der Waals surface area contributed by atoms with Crippen LogP contribution in [0.5, 0.6) is 5.75 Å². The highest BCUT2D eigenvalue weighted by Gasteiger charge is 2.14. The van der Waals surface area contributed by atoms with Crippen molar-refractivity contribution < 1.29 is 23.8 Å². The largest absolute Gasteiger partial charge is 0.508 e. The Morgan fingerprint density at radius 1 is 1.00 bits per heavy atom. The van der Waals surface area contributed by atoms with Crippen LogP contribution in [0.2, 0.25) is 0 Å². The minimum Gasteiger partial charge on any atom is -0.508 e. The average molecular weight is 322 g/mol. The summed E-state index contributed by atoms with van der Waals surface area (Å²) >= 11 is 0. The highest BCUT2D eigenvalue weighted by Crippen LogP contribution is 2.27. The topological polar surface area (TPSA) is 101 Å². The lowest BCUT2D eigenvalue weighted by molar-refractivity contribution is 0.0665. The summed E-state index contributed by atoms with van der Waals surface area (Å²) in [5.74, 6) is -1.31. The molecule has 0 radical (unpaired) electrons. The molecule has 118 valence electrons. The van der Waals surface area contributed by atoms with Gasteiger partial charge in [0.15, 0.2) is 5.43 Å². The van der Waals surface area contributed by atoms with Crippen LogP contribution in [-0.2, 0) is 0 Å². The first-order chi connectivity index (χ1) is 11.5. The van der Waals surface area contributed by atoms with E-state index in [0.717, 1.165) is 0 Å². The summed E-state index contributed by atoms with van der Waals surface area (Å²) in [4.78, 5) is 23.6. The zero-order valence-corrected chi connectivity index (χ0v) is 12.1. The van der Waals surface area contributed by atoms with Crippen LogP contribution in [0.25, 0.3) is 33.1 Å². The first-order valence-corrected chi connectivity index (χ1v) is 7.05. The first-order valence-electron chi connectivity index (χ1n) is 7.05. The maximum atomic E-state index is 12.6. The van der Waals surface area contributed by atoms with E-state index in [1.165, 1.54) is 30.5 Å². The lowest BCUT2D eigenvalue weighted by Gasteiger charge is -2.03. The Balaban J connectivity index is 1.92. The molecule has 0 spiro atoms. The van der Waals surface area contributed by atoms with Crippen LogP contribution >= 0.6 is 0 Å². The number of phenols is 1. The molecule has 24 heavy (non-hydrogen) atoms. The second-order valence-electron chi connectivity index (χ2n) is 5.33. The summed E-state index contributed by atoms with van der Waals surface area (Å²) in [6.07, 6.45) is 1.32. The summed E-state index contributed by atoms with van der Waals surface area (Å²) in [6, 6.07) is 10.6. The van der Waals surface area contributed by atoms with Crippen LogP contribution in [0.4, 0.5) is 0 Å². The Labute approximate surface area is 134 Å². The van der Waals surface area contributed by atoms with Crippen molar-refractivity contribution in [3.05, 3.63) is 64.7 Å². The Morgan fingerprint density at radius 2 is 1.83 bits per heavy atom. The number of fused-ring (bicyclic) bond motifs is 2. The van der Waals surface area contributed by atoms with Crippen molar-refractivity contribution in [1.29, 1.82) is 0 Å². The van der Waals surface area contributed by atoms with Crippen molar-refractivity contribution in [1.82, 2.24) is 0 Å². The Morgan fingerprint density at radius 3 is 2.62 bits per heavy atom. The number of carboxylic acids is 1. The van der Waals surface area contributed by atoms with Gasteiger partial charge in [0.25, 0.3) is 0 Å². The third-order valence-corrected chi connectivity index (χ3v) is 3.80. The van der Waals surface area contributed by atoms with Gasteiger partial charge in [-0.15, -0.1) is 0 Å². The van der Waals surface area contributed by atoms with Crippen molar-refractivity contribution in [2.75, 3.05) is 0 Å². The van der Waals surface area contributed by atoms with Gasteiger partial charge in [0.05, 0.1) is 10.9 Å². The third-order valence-electron chi connectivity index (χ3n) is 3.80. The second-order valence-corrected chi connectivity index (χ2v) is 5.33. The molecule has 0 saturated heterocycles. The normalized spacial score (nSPS) is 11.2. The first kappa shape index (κ1) is 14.1. The maximum Gasteiger partial charge on any atom is 0.371 e. The molecule has 0 atom stereocenters. The fraction of sp³-hybridized carbons (Fsp3) is 0. The average Bonchev–Trinajstić information content (AvgIpc) is 2.98. The molecule has 0 amide bonds. The number of aromatic carboxylic acids is 1. The number of furan rings is 1. The summed E-state index contributed by atoms with van der Waals surface area (Å²) in [6.45, 7) is 0. The molecule has 2 aromatic heterocycles. The summed E-state index contributed by atoms with van der Waals surface area (Å²) < 4.78 is 10.6. The monoisotopic (exact) mass is 322 g/mol. The molecule has 6 heteroatoms. The molecule has 2 N–H and O–H groups in total. The van der Waals surface area contributed by atoms with E-state index in [2.05, 4.69) is 0 Å². The standard InChI is InChI=1S/C18H10O6/c19-11-2-3-12-15(7-11)23-8-13(17(12)20)9-1-4-14-10(5-9)6-16(24-14)18(21)22/h1-8,19H,(H,21,22). The van der Waals surface area contributed by atoms with Crippen molar-refractivity contribution in [3.63, 3.8) is 0 Å². The number of carbonyl (C=O) groups is 1. The van der Waals surface area contributed by atoms with Gasteiger partial charge in [0, 0.05) is 11.5 Å². The van der Waals surface area contributed by atoms with E-state index in [9.17, 15) is 14.7 Å². The molecule has 6 nitrogen and oxygen atoms in total. The van der Waals surface area contributed by atoms with Crippen molar-refractivity contribution in [3.8, 4) is 16.9 Å². The number of benzene rings is 2. The van der Waals surface area contributed by atoms with Crippen LogP contribution in [0, 0.1) is 0 Å².